The number of amides is 1. The van der Waals surface area contributed by atoms with Gasteiger partial charge < -0.3 is 10.6 Å². The molecule has 1 saturated carbocycles. The van der Waals surface area contributed by atoms with E-state index >= 15 is 0 Å². The third-order valence-corrected chi connectivity index (χ3v) is 4.45. The lowest BCUT2D eigenvalue weighted by Gasteiger charge is -2.28. The van der Waals surface area contributed by atoms with Gasteiger partial charge in [0.05, 0.1) is 5.56 Å². The van der Waals surface area contributed by atoms with Gasteiger partial charge >= 0.3 is 0 Å². The van der Waals surface area contributed by atoms with E-state index in [2.05, 4.69) is 24.5 Å². The Morgan fingerprint density at radius 3 is 2.67 bits per heavy atom. The third-order valence-electron chi connectivity index (χ3n) is 4.45. The average molecular weight is 288 g/mol. The van der Waals surface area contributed by atoms with Gasteiger partial charge in [0, 0.05) is 18.3 Å². The smallest absolute Gasteiger partial charge is 0.253 e. The molecule has 116 valence electrons. The van der Waals surface area contributed by atoms with E-state index in [4.69, 9.17) is 0 Å². The van der Waals surface area contributed by atoms with E-state index in [0.717, 1.165) is 24.2 Å². The molecular formula is C18H28N2O. The van der Waals surface area contributed by atoms with Crippen molar-refractivity contribution < 1.29 is 4.79 Å². The van der Waals surface area contributed by atoms with E-state index < -0.39 is 0 Å². The highest BCUT2D eigenvalue weighted by Crippen LogP contribution is 2.26. The van der Waals surface area contributed by atoms with Gasteiger partial charge in [-0.05, 0) is 44.2 Å². The summed E-state index contributed by atoms with van der Waals surface area (Å²) < 4.78 is 0. The van der Waals surface area contributed by atoms with E-state index in [9.17, 15) is 4.79 Å². The van der Waals surface area contributed by atoms with E-state index in [1.54, 1.807) is 0 Å². The van der Waals surface area contributed by atoms with Gasteiger partial charge in [-0.1, -0.05) is 38.3 Å². The van der Waals surface area contributed by atoms with Crippen molar-refractivity contribution in [3.8, 4) is 0 Å². The van der Waals surface area contributed by atoms with Crippen LogP contribution < -0.4 is 10.6 Å². The molecule has 0 unspecified atom stereocenters. The molecule has 1 aliphatic rings. The van der Waals surface area contributed by atoms with Gasteiger partial charge in [-0.3, -0.25) is 4.79 Å². The Morgan fingerprint density at radius 2 is 1.95 bits per heavy atom. The molecule has 0 bridgehead atoms. The van der Waals surface area contributed by atoms with Crippen molar-refractivity contribution in [1.29, 1.82) is 0 Å². The molecule has 1 amide bonds. The second-order valence-electron chi connectivity index (χ2n) is 6.13. The number of nitrogens with one attached hydrogen (secondary N) is 2. The summed E-state index contributed by atoms with van der Waals surface area (Å²) in [6, 6.07) is 8.05. The first-order chi connectivity index (χ1) is 10.2. The maximum Gasteiger partial charge on any atom is 0.253 e. The Labute approximate surface area is 128 Å². The maximum absolute atomic E-state index is 12.5. The zero-order chi connectivity index (χ0) is 15.1. The van der Waals surface area contributed by atoms with Gasteiger partial charge in [0.25, 0.3) is 5.91 Å². The topological polar surface area (TPSA) is 41.1 Å². The van der Waals surface area contributed by atoms with Crippen molar-refractivity contribution in [3.63, 3.8) is 0 Å². The summed E-state index contributed by atoms with van der Waals surface area (Å²) >= 11 is 0. The van der Waals surface area contributed by atoms with Crippen LogP contribution in [0.5, 0.6) is 0 Å². The predicted molar refractivity (Wildman–Crippen MR) is 88.7 cm³/mol. The Balaban J connectivity index is 1.98. The summed E-state index contributed by atoms with van der Waals surface area (Å²) in [5.41, 5.74) is 1.70. The van der Waals surface area contributed by atoms with Crippen LogP contribution in [0.3, 0.4) is 0 Å². The Hall–Kier alpha value is -1.51. The van der Waals surface area contributed by atoms with E-state index in [0.29, 0.717) is 5.92 Å². The van der Waals surface area contributed by atoms with Gasteiger partial charge in [-0.2, -0.15) is 0 Å². The van der Waals surface area contributed by atoms with Gasteiger partial charge in [0.1, 0.15) is 0 Å². The van der Waals surface area contributed by atoms with Crippen molar-refractivity contribution in [3.05, 3.63) is 29.8 Å². The minimum absolute atomic E-state index is 0.0484. The molecule has 0 heterocycles. The molecule has 3 nitrogen and oxygen atoms in total. The van der Waals surface area contributed by atoms with Crippen LogP contribution in [0.15, 0.2) is 24.3 Å². The number of benzene rings is 1. The third kappa shape index (κ3) is 4.48. The molecule has 0 radical (unpaired) electrons. The van der Waals surface area contributed by atoms with Gasteiger partial charge in [0.15, 0.2) is 0 Å². The molecule has 1 aromatic rings. The minimum atomic E-state index is 0.0484. The normalized spacial score (nSPS) is 17.2. The van der Waals surface area contributed by atoms with Crippen LogP contribution in [0.25, 0.3) is 0 Å². The molecule has 2 N–H and O–H groups in total. The number of rotatable bonds is 6. The van der Waals surface area contributed by atoms with Crippen LogP contribution in [-0.2, 0) is 0 Å². The second kappa shape index (κ2) is 8.06. The van der Waals surface area contributed by atoms with Crippen LogP contribution in [0.1, 0.15) is 62.7 Å². The fourth-order valence-electron chi connectivity index (χ4n) is 3.13. The van der Waals surface area contributed by atoms with Gasteiger partial charge in [-0.25, -0.2) is 0 Å². The number of anilines is 1. The standard InChI is InChI=1S/C18H28N2O/c1-3-13-19-17-12-8-7-11-16(17)18(21)20-14(2)15-9-5-4-6-10-15/h7-8,11-12,14-15,19H,3-6,9-10,13H2,1-2H3,(H,20,21)/t14-/m0/s1. The van der Waals surface area contributed by atoms with Crippen molar-refractivity contribution in [2.45, 2.75) is 58.4 Å². The van der Waals surface area contributed by atoms with Crippen LogP contribution in [0, 0.1) is 5.92 Å². The molecular weight excluding hydrogens is 260 g/mol. The predicted octanol–water partition coefficient (Wildman–Crippen LogP) is 4.21. The quantitative estimate of drug-likeness (QED) is 0.823. The summed E-state index contributed by atoms with van der Waals surface area (Å²) in [6.07, 6.45) is 7.50. The number of para-hydroxylation sites is 1. The maximum atomic E-state index is 12.5. The first kappa shape index (κ1) is 15.9. The Bertz CT molecular complexity index is 452. The van der Waals surface area contributed by atoms with E-state index in [1.807, 2.05) is 24.3 Å². The van der Waals surface area contributed by atoms with Gasteiger partial charge in [0.2, 0.25) is 0 Å². The molecule has 1 atom stereocenters. The molecule has 3 heteroatoms. The number of hydrogen-bond acceptors (Lipinski definition) is 2. The van der Waals surface area contributed by atoms with Gasteiger partial charge in [-0.15, -0.1) is 0 Å². The van der Waals surface area contributed by atoms with E-state index in [-0.39, 0.29) is 11.9 Å². The lowest BCUT2D eigenvalue weighted by atomic mass is 9.84. The van der Waals surface area contributed by atoms with Crippen LogP contribution in [0.4, 0.5) is 5.69 Å². The summed E-state index contributed by atoms with van der Waals surface area (Å²) in [5, 5.41) is 6.54. The first-order valence-electron chi connectivity index (χ1n) is 8.36. The Kier molecular flexibility index (Phi) is 6.09. The van der Waals surface area contributed by atoms with Crippen LogP contribution in [-0.4, -0.2) is 18.5 Å². The molecule has 2 rings (SSSR count). The molecule has 0 saturated heterocycles. The molecule has 1 fully saturated rings. The minimum Gasteiger partial charge on any atom is -0.384 e. The lowest BCUT2D eigenvalue weighted by molar-refractivity contribution is 0.0920. The molecule has 1 aromatic carbocycles. The number of hydrogen-bond donors (Lipinski definition) is 2. The van der Waals surface area contributed by atoms with Crippen molar-refractivity contribution in [2.24, 2.45) is 5.92 Å². The fraction of sp³-hybridized carbons (Fsp3) is 0.611. The fourth-order valence-corrected chi connectivity index (χ4v) is 3.13. The molecule has 1 aliphatic carbocycles. The molecule has 0 spiro atoms. The van der Waals surface area contributed by atoms with E-state index in [1.165, 1.54) is 32.1 Å². The van der Waals surface area contributed by atoms with Crippen molar-refractivity contribution in [2.75, 3.05) is 11.9 Å². The lowest BCUT2D eigenvalue weighted by Crippen LogP contribution is -2.39. The summed E-state index contributed by atoms with van der Waals surface area (Å²) in [5.74, 6) is 0.686. The summed E-state index contributed by atoms with van der Waals surface area (Å²) in [7, 11) is 0. The highest BCUT2D eigenvalue weighted by atomic mass is 16.1. The van der Waals surface area contributed by atoms with Crippen LogP contribution >= 0.6 is 0 Å². The first-order valence-corrected chi connectivity index (χ1v) is 8.36. The monoisotopic (exact) mass is 288 g/mol. The molecule has 0 aromatic heterocycles. The summed E-state index contributed by atoms with van der Waals surface area (Å²) in [6.45, 7) is 5.17. The number of carbonyl (C=O) groups is 1. The zero-order valence-corrected chi connectivity index (χ0v) is 13.3. The largest absolute Gasteiger partial charge is 0.384 e. The Morgan fingerprint density at radius 1 is 1.24 bits per heavy atom. The van der Waals surface area contributed by atoms with Crippen molar-refractivity contribution >= 4 is 11.6 Å². The second-order valence-corrected chi connectivity index (χ2v) is 6.13. The highest BCUT2D eigenvalue weighted by Gasteiger charge is 2.22. The number of carbonyl (C=O) groups excluding carboxylic acids is 1. The summed E-state index contributed by atoms with van der Waals surface area (Å²) in [4.78, 5) is 12.5. The zero-order valence-electron chi connectivity index (χ0n) is 13.3. The SMILES string of the molecule is CCCNc1ccccc1C(=O)N[C@@H](C)C1CCCCC1. The van der Waals surface area contributed by atoms with Crippen LogP contribution in [0.2, 0.25) is 0 Å². The molecule has 21 heavy (non-hydrogen) atoms. The van der Waals surface area contributed by atoms with Crippen molar-refractivity contribution in [1.82, 2.24) is 5.32 Å². The molecule has 0 aliphatic heterocycles. The highest BCUT2D eigenvalue weighted by molar-refractivity contribution is 5.99. The average Bonchev–Trinajstić information content (AvgIpc) is 2.54.